The molecule has 0 aliphatic rings. The van der Waals surface area contributed by atoms with Crippen molar-refractivity contribution in [1.82, 2.24) is 0 Å². The lowest BCUT2D eigenvalue weighted by Gasteiger charge is -2.25. The lowest BCUT2D eigenvalue weighted by atomic mass is 9.85. The third-order valence-electron chi connectivity index (χ3n) is 7.54. The van der Waals surface area contributed by atoms with Gasteiger partial charge in [-0.3, -0.25) is 14.4 Å². The van der Waals surface area contributed by atoms with Gasteiger partial charge in [0.1, 0.15) is 0 Å². The molecule has 8 heteroatoms. The van der Waals surface area contributed by atoms with E-state index >= 15 is 0 Å². The first-order valence-electron chi connectivity index (χ1n) is 17.7. The van der Waals surface area contributed by atoms with Crippen molar-refractivity contribution in [3.05, 3.63) is 0 Å². The van der Waals surface area contributed by atoms with E-state index in [9.17, 15) is 14.4 Å². The maximum Gasteiger partial charge on any atom is 0.305 e. The molecule has 0 aromatic heterocycles. The first-order valence-corrected chi connectivity index (χ1v) is 17.7. The fourth-order valence-electron chi connectivity index (χ4n) is 5.06. The molecule has 8 nitrogen and oxygen atoms in total. The molecular formula is C36H68O8. The molecule has 0 aromatic rings. The highest BCUT2D eigenvalue weighted by Gasteiger charge is 2.22. The molecule has 1 unspecified atom stereocenters. The van der Waals surface area contributed by atoms with Crippen molar-refractivity contribution >= 4 is 17.9 Å². The maximum absolute atomic E-state index is 12.7. The highest BCUT2D eigenvalue weighted by atomic mass is 16.7. The summed E-state index contributed by atoms with van der Waals surface area (Å²) in [7, 11) is 1.38. The molecule has 0 aliphatic heterocycles. The van der Waals surface area contributed by atoms with Gasteiger partial charge in [0.25, 0.3) is 0 Å². The second-order valence-corrected chi connectivity index (χ2v) is 13.4. The zero-order valence-electron chi connectivity index (χ0n) is 29.4. The van der Waals surface area contributed by atoms with Gasteiger partial charge in [0, 0.05) is 38.4 Å². The Labute approximate surface area is 270 Å². The maximum atomic E-state index is 12.7. The van der Waals surface area contributed by atoms with Crippen molar-refractivity contribution < 1.29 is 38.1 Å². The van der Waals surface area contributed by atoms with Crippen LogP contribution in [0.5, 0.6) is 0 Å². The minimum atomic E-state index is -0.396. The van der Waals surface area contributed by atoms with Crippen LogP contribution in [0.15, 0.2) is 0 Å². The number of rotatable bonds is 30. The Balaban J connectivity index is 4.60. The largest absolute Gasteiger partial charge is 0.469 e. The Morgan fingerprint density at radius 2 is 1.00 bits per heavy atom. The first-order chi connectivity index (χ1) is 21.1. The van der Waals surface area contributed by atoms with Crippen LogP contribution in [0.2, 0.25) is 0 Å². The average molecular weight is 629 g/mol. The van der Waals surface area contributed by atoms with Crippen molar-refractivity contribution in [3.63, 3.8) is 0 Å². The minimum absolute atomic E-state index is 0.00276. The molecule has 0 saturated carbocycles. The fourth-order valence-corrected chi connectivity index (χ4v) is 5.06. The lowest BCUT2D eigenvalue weighted by molar-refractivity contribution is -0.161. The van der Waals surface area contributed by atoms with Crippen LogP contribution in [-0.4, -0.2) is 57.7 Å². The van der Waals surface area contributed by atoms with Crippen molar-refractivity contribution in [2.24, 2.45) is 11.3 Å². The van der Waals surface area contributed by atoms with Gasteiger partial charge in [-0.25, -0.2) is 0 Å². The van der Waals surface area contributed by atoms with Crippen molar-refractivity contribution in [2.45, 2.75) is 169 Å². The van der Waals surface area contributed by atoms with E-state index in [2.05, 4.69) is 39.4 Å². The molecule has 0 radical (unpaired) electrons. The summed E-state index contributed by atoms with van der Waals surface area (Å²) in [6.07, 6.45) is 18.2. The lowest BCUT2D eigenvalue weighted by Crippen LogP contribution is -2.26. The molecule has 0 bridgehead atoms. The van der Waals surface area contributed by atoms with Crippen LogP contribution in [0.3, 0.4) is 0 Å². The topological polar surface area (TPSA) is 97.4 Å². The molecule has 0 fully saturated rings. The van der Waals surface area contributed by atoms with E-state index in [1.54, 1.807) is 0 Å². The monoisotopic (exact) mass is 628 g/mol. The minimum Gasteiger partial charge on any atom is -0.469 e. The van der Waals surface area contributed by atoms with E-state index in [1.807, 2.05) is 0 Å². The molecule has 0 saturated heterocycles. The van der Waals surface area contributed by atoms with E-state index in [0.29, 0.717) is 45.3 Å². The van der Waals surface area contributed by atoms with Crippen LogP contribution < -0.4 is 0 Å². The van der Waals surface area contributed by atoms with Crippen molar-refractivity contribution in [2.75, 3.05) is 33.5 Å². The highest BCUT2D eigenvalue weighted by molar-refractivity contribution is 5.70. The number of esters is 3. The van der Waals surface area contributed by atoms with Gasteiger partial charge in [-0.15, -0.1) is 0 Å². The number of hydrogen-bond acceptors (Lipinski definition) is 8. The molecular weight excluding hydrogens is 560 g/mol. The summed E-state index contributed by atoms with van der Waals surface area (Å²) in [4.78, 5) is 36.2. The van der Waals surface area contributed by atoms with Gasteiger partial charge in [0.2, 0.25) is 0 Å². The van der Waals surface area contributed by atoms with Gasteiger partial charge in [0.15, 0.2) is 6.29 Å². The first kappa shape index (κ1) is 42.3. The fraction of sp³-hybridized carbons (Fsp3) is 0.917. The normalized spacial score (nSPS) is 12.3. The second kappa shape index (κ2) is 28.8. The van der Waals surface area contributed by atoms with Crippen LogP contribution in [0.4, 0.5) is 0 Å². The number of carbonyl (C=O) groups is 3. The Bertz CT molecular complexity index is 685. The number of unbranched alkanes of at least 4 members (excludes halogenated alkanes) is 12. The van der Waals surface area contributed by atoms with E-state index in [0.717, 1.165) is 38.5 Å². The van der Waals surface area contributed by atoms with Crippen molar-refractivity contribution in [3.8, 4) is 0 Å². The third kappa shape index (κ3) is 29.1. The van der Waals surface area contributed by atoms with Gasteiger partial charge in [-0.2, -0.15) is 0 Å². The molecule has 0 aromatic carbocycles. The van der Waals surface area contributed by atoms with Crippen molar-refractivity contribution in [1.29, 1.82) is 0 Å². The summed E-state index contributed by atoms with van der Waals surface area (Å²) in [5, 5.41) is 0. The van der Waals surface area contributed by atoms with E-state index < -0.39 is 6.29 Å². The molecule has 44 heavy (non-hydrogen) atoms. The van der Waals surface area contributed by atoms with Gasteiger partial charge < -0.3 is 23.7 Å². The number of carbonyl (C=O) groups excluding carboxylic acids is 3. The van der Waals surface area contributed by atoms with Gasteiger partial charge in [0.05, 0.1) is 26.7 Å². The molecule has 0 aliphatic carbocycles. The molecule has 0 rings (SSSR count). The molecule has 260 valence electrons. The van der Waals surface area contributed by atoms with E-state index in [1.165, 1.54) is 58.5 Å². The van der Waals surface area contributed by atoms with Crippen LogP contribution in [0.1, 0.15) is 163 Å². The Kier molecular flexibility index (Phi) is 27.7. The molecule has 0 heterocycles. The summed E-state index contributed by atoms with van der Waals surface area (Å²) < 4.78 is 27.9. The molecule has 0 N–H and O–H groups in total. The summed E-state index contributed by atoms with van der Waals surface area (Å²) in [6, 6.07) is 0. The Morgan fingerprint density at radius 1 is 0.568 bits per heavy atom. The average Bonchev–Trinajstić information content (AvgIpc) is 2.98. The summed E-state index contributed by atoms with van der Waals surface area (Å²) in [5.74, 6) is -0.853. The third-order valence-corrected chi connectivity index (χ3v) is 7.54. The number of ether oxygens (including phenoxy) is 5. The SMILES string of the molecule is CCCCCCCCOC(CCC(=O)OCC(COC(=O)CCCCCC(=O)OC)CC(C)(C)C)OCCCCCCCC. The van der Waals surface area contributed by atoms with Crippen LogP contribution in [-0.2, 0) is 38.1 Å². The number of methoxy groups -OCH3 is 1. The van der Waals surface area contributed by atoms with Crippen LogP contribution >= 0.6 is 0 Å². The number of hydrogen-bond donors (Lipinski definition) is 0. The predicted molar refractivity (Wildman–Crippen MR) is 176 cm³/mol. The molecule has 0 amide bonds. The summed E-state index contributed by atoms with van der Waals surface area (Å²) in [6.45, 7) is 12.5. The molecule has 0 spiro atoms. The highest BCUT2D eigenvalue weighted by Crippen LogP contribution is 2.25. The summed E-state index contributed by atoms with van der Waals surface area (Å²) >= 11 is 0. The van der Waals surface area contributed by atoms with Gasteiger partial charge in [-0.1, -0.05) is 105 Å². The molecule has 1 atom stereocenters. The quantitative estimate of drug-likeness (QED) is 0.0336. The zero-order valence-corrected chi connectivity index (χ0v) is 29.4. The van der Waals surface area contributed by atoms with Gasteiger partial charge in [-0.05, 0) is 37.5 Å². The van der Waals surface area contributed by atoms with Crippen LogP contribution in [0, 0.1) is 11.3 Å². The van der Waals surface area contributed by atoms with Crippen LogP contribution in [0.25, 0.3) is 0 Å². The van der Waals surface area contributed by atoms with E-state index in [4.69, 9.17) is 18.9 Å². The predicted octanol–water partition coefficient (Wildman–Crippen LogP) is 9.11. The van der Waals surface area contributed by atoms with Gasteiger partial charge >= 0.3 is 17.9 Å². The Hall–Kier alpha value is -1.67. The Morgan fingerprint density at radius 3 is 1.48 bits per heavy atom. The zero-order chi connectivity index (χ0) is 32.9. The smallest absolute Gasteiger partial charge is 0.305 e. The van der Waals surface area contributed by atoms with E-state index in [-0.39, 0.29) is 48.9 Å². The summed E-state index contributed by atoms with van der Waals surface area (Å²) in [5.41, 5.74) is -0.00276. The standard InChI is InChI=1S/C36H68O8/c1-7-9-11-13-15-20-26-41-35(42-27-21-16-14-12-10-8-2)25-24-34(39)44-30-31(28-36(3,4)5)29-43-33(38)23-19-17-18-22-32(37)40-6/h31,35H,7-30H2,1-6H3. The second-order valence-electron chi connectivity index (χ2n) is 13.4.